The molecule has 1 aromatic carbocycles. The molecule has 1 heterocycles. The lowest BCUT2D eigenvalue weighted by molar-refractivity contribution is 0.601. The van der Waals surface area contributed by atoms with E-state index in [1.54, 1.807) is 6.07 Å². The second-order valence-corrected chi connectivity index (χ2v) is 6.15. The summed E-state index contributed by atoms with van der Waals surface area (Å²) in [5.41, 5.74) is 0.189. The van der Waals surface area contributed by atoms with Crippen LogP contribution in [0.5, 0.6) is 0 Å². The Hall–Kier alpha value is -1.81. The van der Waals surface area contributed by atoms with E-state index >= 15 is 0 Å². The minimum atomic E-state index is -3.95. The number of hydrogen-bond acceptors (Lipinski definition) is 4. The molecule has 0 amide bonds. The van der Waals surface area contributed by atoms with E-state index in [0.717, 1.165) is 0 Å². The molecule has 8 heteroatoms. The summed E-state index contributed by atoms with van der Waals surface area (Å²) in [5, 5.41) is 8.97. The Morgan fingerprint density at radius 2 is 1.95 bits per heavy atom. The molecule has 1 N–H and O–H groups in total. The van der Waals surface area contributed by atoms with Crippen LogP contribution in [0.3, 0.4) is 0 Å². The molecule has 0 bridgehead atoms. The number of rotatable bonds is 3. The molecular weight excluding hydrogens is 321 g/mol. The van der Waals surface area contributed by atoms with Gasteiger partial charge in [0.2, 0.25) is 0 Å². The van der Waals surface area contributed by atoms with Gasteiger partial charge >= 0.3 is 0 Å². The highest BCUT2D eigenvalue weighted by atomic mass is 35.5. The zero-order valence-corrected chi connectivity index (χ0v) is 12.2. The molecule has 0 radical (unpaired) electrons. The number of nitriles is 1. The normalized spacial score (nSPS) is 10.8. The largest absolute Gasteiger partial charge is 0.264 e. The average Bonchev–Trinajstić information content (AvgIpc) is 2.38. The van der Waals surface area contributed by atoms with Gasteiger partial charge in [0.1, 0.15) is 15.9 Å². The van der Waals surface area contributed by atoms with Gasteiger partial charge in [0.25, 0.3) is 10.0 Å². The van der Waals surface area contributed by atoms with E-state index in [1.807, 2.05) is 6.07 Å². The Morgan fingerprint density at radius 3 is 2.60 bits per heavy atom. The minimum absolute atomic E-state index is 0.0125. The predicted octanol–water partition coefficient (Wildman–Crippen LogP) is 3.06. The first kappa shape index (κ1) is 14.6. The SMILES string of the molecule is N#Cc1ccc(Cl)c(S(=O)(=O)Nc2cccc(Cl)n2)c1. The molecule has 0 atom stereocenters. The summed E-state index contributed by atoms with van der Waals surface area (Å²) in [4.78, 5) is 3.63. The summed E-state index contributed by atoms with van der Waals surface area (Å²) in [6.07, 6.45) is 0. The molecule has 0 fully saturated rings. The van der Waals surface area contributed by atoms with E-state index in [0.29, 0.717) is 0 Å². The second-order valence-electron chi connectivity index (χ2n) is 3.71. The van der Waals surface area contributed by atoms with Gasteiger partial charge in [-0.25, -0.2) is 13.4 Å². The van der Waals surface area contributed by atoms with Crippen LogP contribution in [-0.2, 0) is 10.0 Å². The fourth-order valence-corrected chi connectivity index (χ4v) is 3.13. The molecule has 0 saturated heterocycles. The van der Waals surface area contributed by atoms with Crippen molar-refractivity contribution in [1.29, 1.82) is 5.26 Å². The molecule has 2 aromatic rings. The summed E-state index contributed by atoms with van der Waals surface area (Å²) in [6, 6.07) is 10.3. The molecule has 0 aliphatic carbocycles. The first-order valence-corrected chi connectivity index (χ1v) is 7.51. The van der Waals surface area contributed by atoms with E-state index in [2.05, 4.69) is 9.71 Å². The molecule has 0 aliphatic heterocycles. The van der Waals surface area contributed by atoms with E-state index in [9.17, 15) is 8.42 Å². The van der Waals surface area contributed by atoms with Gasteiger partial charge in [0.15, 0.2) is 0 Å². The maximum absolute atomic E-state index is 12.2. The summed E-state index contributed by atoms with van der Waals surface area (Å²) < 4.78 is 26.7. The van der Waals surface area contributed by atoms with E-state index in [4.69, 9.17) is 28.5 Å². The fourth-order valence-electron chi connectivity index (χ4n) is 1.44. The Bertz CT molecular complexity index is 801. The molecule has 5 nitrogen and oxygen atoms in total. The average molecular weight is 328 g/mol. The zero-order valence-electron chi connectivity index (χ0n) is 9.84. The third-order valence-electron chi connectivity index (χ3n) is 2.30. The molecule has 20 heavy (non-hydrogen) atoms. The van der Waals surface area contributed by atoms with Crippen molar-refractivity contribution < 1.29 is 8.42 Å². The van der Waals surface area contributed by atoms with Crippen LogP contribution in [0.2, 0.25) is 10.2 Å². The number of nitrogens with zero attached hydrogens (tertiary/aromatic N) is 2. The fraction of sp³-hybridized carbons (Fsp3) is 0. The summed E-state index contributed by atoms with van der Waals surface area (Å²) in [7, 11) is -3.95. The van der Waals surface area contributed by atoms with E-state index in [1.165, 1.54) is 30.3 Å². The number of benzene rings is 1. The first-order valence-electron chi connectivity index (χ1n) is 5.27. The molecular formula is C12H7Cl2N3O2S. The van der Waals surface area contributed by atoms with Crippen molar-refractivity contribution in [1.82, 2.24) is 4.98 Å². The van der Waals surface area contributed by atoms with Crippen LogP contribution >= 0.6 is 23.2 Å². The standard InChI is InChI=1S/C12H7Cl2N3O2S/c13-9-5-4-8(7-15)6-10(9)20(18,19)17-12-3-1-2-11(14)16-12/h1-6H,(H,16,17). The van der Waals surface area contributed by atoms with Crippen LogP contribution in [-0.4, -0.2) is 13.4 Å². The molecule has 0 aliphatic rings. The van der Waals surface area contributed by atoms with Crippen molar-refractivity contribution >= 4 is 39.0 Å². The molecule has 102 valence electrons. The third kappa shape index (κ3) is 3.20. The van der Waals surface area contributed by atoms with Crippen molar-refractivity contribution in [3.8, 4) is 6.07 Å². The predicted molar refractivity (Wildman–Crippen MR) is 76.2 cm³/mol. The van der Waals surface area contributed by atoms with Gasteiger partial charge in [0.05, 0.1) is 16.7 Å². The highest BCUT2D eigenvalue weighted by Crippen LogP contribution is 2.24. The monoisotopic (exact) mass is 327 g/mol. The summed E-state index contributed by atoms with van der Waals surface area (Å²) >= 11 is 11.5. The van der Waals surface area contributed by atoms with Gasteiger partial charge in [-0.05, 0) is 30.3 Å². The second kappa shape index (κ2) is 5.67. The zero-order chi connectivity index (χ0) is 14.8. The van der Waals surface area contributed by atoms with Crippen molar-refractivity contribution in [3.05, 3.63) is 52.1 Å². The highest BCUT2D eigenvalue weighted by Gasteiger charge is 2.19. The number of sulfonamides is 1. The maximum Gasteiger partial charge on any atom is 0.264 e. The van der Waals surface area contributed by atoms with Crippen LogP contribution in [0.15, 0.2) is 41.3 Å². The van der Waals surface area contributed by atoms with Gasteiger partial charge in [-0.1, -0.05) is 29.3 Å². The number of hydrogen-bond donors (Lipinski definition) is 1. The Balaban J connectivity index is 2.43. The number of anilines is 1. The Labute approximate surface area is 125 Å². The summed E-state index contributed by atoms with van der Waals surface area (Å²) in [6.45, 7) is 0. The lowest BCUT2D eigenvalue weighted by Crippen LogP contribution is -2.14. The quantitative estimate of drug-likeness (QED) is 0.878. The molecule has 0 unspecified atom stereocenters. The van der Waals surface area contributed by atoms with Crippen molar-refractivity contribution in [3.63, 3.8) is 0 Å². The lowest BCUT2D eigenvalue weighted by Gasteiger charge is -2.09. The number of pyridine rings is 1. The van der Waals surface area contributed by atoms with Crippen molar-refractivity contribution in [2.24, 2.45) is 0 Å². The third-order valence-corrected chi connectivity index (χ3v) is 4.35. The van der Waals surface area contributed by atoms with Crippen LogP contribution in [0.4, 0.5) is 5.82 Å². The molecule has 0 saturated carbocycles. The van der Waals surface area contributed by atoms with Crippen molar-refractivity contribution in [2.75, 3.05) is 4.72 Å². The lowest BCUT2D eigenvalue weighted by atomic mass is 10.2. The number of nitrogens with one attached hydrogen (secondary N) is 1. The van der Waals surface area contributed by atoms with Gasteiger partial charge < -0.3 is 0 Å². The maximum atomic E-state index is 12.2. The van der Waals surface area contributed by atoms with Gasteiger partial charge in [-0.2, -0.15) is 5.26 Å². The number of aromatic nitrogens is 1. The van der Waals surface area contributed by atoms with Gasteiger partial charge in [-0.15, -0.1) is 0 Å². The van der Waals surface area contributed by atoms with Crippen LogP contribution in [0.25, 0.3) is 0 Å². The van der Waals surface area contributed by atoms with Crippen LogP contribution < -0.4 is 4.72 Å². The van der Waals surface area contributed by atoms with Gasteiger partial charge in [-0.3, -0.25) is 4.72 Å². The molecule has 1 aromatic heterocycles. The summed E-state index contributed by atoms with van der Waals surface area (Å²) in [5.74, 6) is 0.0657. The Kier molecular flexibility index (Phi) is 4.14. The highest BCUT2D eigenvalue weighted by molar-refractivity contribution is 7.92. The van der Waals surface area contributed by atoms with Gasteiger partial charge in [0, 0.05) is 0 Å². The van der Waals surface area contributed by atoms with Crippen LogP contribution in [0, 0.1) is 11.3 Å². The van der Waals surface area contributed by atoms with E-state index in [-0.39, 0.29) is 26.5 Å². The number of halogens is 2. The molecule has 2 rings (SSSR count). The van der Waals surface area contributed by atoms with E-state index < -0.39 is 10.0 Å². The van der Waals surface area contributed by atoms with Crippen molar-refractivity contribution in [2.45, 2.75) is 4.90 Å². The topological polar surface area (TPSA) is 82.8 Å². The minimum Gasteiger partial charge on any atom is -0.263 e. The van der Waals surface area contributed by atoms with Crippen LogP contribution in [0.1, 0.15) is 5.56 Å². The molecule has 0 spiro atoms. The Morgan fingerprint density at radius 1 is 1.20 bits per heavy atom. The smallest absolute Gasteiger partial charge is 0.263 e. The first-order chi connectivity index (χ1) is 9.42.